The number of nitrogens with one attached hydrogen (secondary N) is 2. The number of aromatic nitrogens is 2. The molecule has 160 valence electrons. The summed E-state index contributed by atoms with van der Waals surface area (Å²) in [5, 5.41) is 10.6. The highest BCUT2D eigenvalue weighted by Gasteiger charge is 2.27. The van der Waals surface area contributed by atoms with Crippen molar-refractivity contribution in [3.8, 4) is 0 Å². The molecule has 9 nitrogen and oxygen atoms in total. The molecule has 1 aliphatic heterocycles. The minimum Gasteiger partial charge on any atom is -0.357 e. The van der Waals surface area contributed by atoms with Crippen molar-refractivity contribution in [2.24, 2.45) is 12.0 Å². The van der Waals surface area contributed by atoms with E-state index >= 15 is 0 Å². The molecule has 0 atom stereocenters. The first-order chi connectivity index (χ1) is 14.5. The summed E-state index contributed by atoms with van der Waals surface area (Å²) in [6.45, 7) is 4.84. The van der Waals surface area contributed by atoms with E-state index in [-0.39, 0.29) is 18.4 Å². The molecule has 3 rings (SSSR count). The summed E-state index contributed by atoms with van der Waals surface area (Å²) in [6.07, 6.45) is 3.52. The number of benzene rings is 1. The van der Waals surface area contributed by atoms with Gasteiger partial charge in [-0.25, -0.2) is 0 Å². The van der Waals surface area contributed by atoms with Crippen LogP contribution >= 0.6 is 11.6 Å². The molecule has 0 unspecified atom stereocenters. The van der Waals surface area contributed by atoms with E-state index in [1.165, 1.54) is 0 Å². The number of hydrogen-bond donors (Lipinski definition) is 2. The van der Waals surface area contributed by atoms with Gasteiger partial charge in [0.2, 0.25) is 5.91 Å². The molecule has 2 N–H and O–H groups in total. The maximum absolute atomic E-state index is 12.6. The summed E-state index contributed by atoms with van der Waals surface area (Å²) in [6, 6.07) is 6.91. The fraction of sp³-hybridized carbons (Fsp3) is 0.400. The predicted octanol–water partition coefficient (Wildman–Crippen LogP) is 1.12. The number of amides is 2. The largest absolute Gasteiger partial charge is 0.357 e. The van der Waals surface area contributed by atoms with Gasteiger partial charge in [0.05, 0.1) is 29.0 Å². The van der Waals surface area contributed by atoms with Crippen LogP contribution in [0.15, 0.2) is 41.7 Å². The fourth-order valence-electron chi connectivity index (χ4n) is 3.17. The third kappa shape index (κ3) is 5.29. The van der Waals surface area contributed by atoms with Crippen LogP contribution in [0, 0.1) is 0 Å². The molecule has 2 amide bonds. The number of piperazine rings is 1. The molecule has 0 bridgehead atoms. The zero-order chi connectivity index (χ0) is 21.5. The summed E-state index contributed by atoms with van der Waals surface area (Å²) in [7, 11) is 1.82. The van der Waals surface area contributed by atoms with E-state index < -0.39 is 0 Å². The van der Waals surface area contributed by atoms with Crippen LogP contribution in [0.2, 0.25) is 5.02 Å². The van der Waals surface area contributed by atoms with Gasteiger partial charge >= 0.3 is 0 Å². The molecule has 1 aromatic carbocycles. The van der Waals surface area contributed by atoms with Gasteiger partial charge in [0.1, 0.15) is 6.54 Å². The van der Waals surface area contributed by atoms with Gasteiger partial charge in [-0.3, -0.25) is 19.3 Å². The van der Waals surface area contributed by atoms with Crippen molar-refractivity contribution in [2.75, 3.05) is 44.2 Å². The maximum Gasteiger partial charge on any atom is 0.252 e. The third-order valence-corrected chi connectivity index (χ3v) is 4.97. The minimum atomic E-state index is -0.235. The molecule has 0 spiro atoms. The number of carbonyl (C=O) groups excluding carboxylic acids is 2. The molecular formula is C20H26ClN7O2. The van der Waals surface area contributed by atoms with Crippen molar-refractivity contribution in [2.45, 2.75) is 6.92 Å². The van der Waals surface area contributed by atoms with Crippen molar-refractivity contribution in [3.63, 3.8) is 0 Å². The standard InChI is InChI=1S/C20H26ClN7O2/c1-3-22-20(24-9-8-23-19(30)16-6-4-5-7-17(16)21)27-10-11-28(18(29)14-27)15-12-25-26(2)13-15/h4-7,12-13H,3,8-11,14H2,1-2H3,(H,22,24)(H,23,30). The number of carbonyl (C=O) groups is 2. The number of anilines is 1. The Morgan fingerprint density at radius 1 is 1.27 bits per heavy atom. The number of aliphatic imine (C=N–C) groups is 1. The Kier molecular flexibility index (Phi) is 7.29. The topological polar surface area (TPSA) is 94.9 Å². The first kappa shape index (κ1) is 21.6. The van der Waals surface area contributed by atoms with E-state index in [0.717, 1.165) is 5.69 Å². The molecule has 1 aliphatic rings. The quantitative estimate of drug-likeness (QED) is 0.406. The SMILES string of the molecule is CCNC(=NCCNC(=O)c1ccccc1Cl)N1CCN(c2cnn(C)c2)C(=O)C1. The van der Waals surface area contributed by atoms with Crippen LogP contribution in [0.4, 0.5) is 5.69 Å². The van der Waals surface area contributed by atoms with Gasteiger partial charge in [0.25, 0.3) is 5.91 Å². The van der Waals surface area contributed by atoms with Crippen molar-refractivity contribution in [1.29, 1.82) is 0 Å². The Bertz CT molecular complexity index is 927. The number of aryl methyl sites for hydroxylation is 1. The van der Waals surface area contributed by atoms with Crippen molar-refractivity contribution < 1.29 is 9.59 Å². The van der Waals surface area contributed by atoms with Crippen LogP contribution in [-0.4, -0.2) is 71.7 Å². The molecule has 30 heavy (non-hydrogen) atoms. The third-order valence-electron chi connectivity index (χ3n) is 4.64. The number of rotatable bonds is 6. The molecule has 0 saturated carbocycles. The van der Waals surface area contributed by atoms with Gasteiger partial charge < -0.3 is 20.4 Å². The van der Waals surface area contributed by atoms with E-state index in [4.69, 9.17) is 11.6 Å². The van der Waals surface area contributed by atoms with E-state index in [0.29, 0.717) is 49.3 Å². The second-order valence-electron chi connectivity index (χ2n) is 6.81. The molecule has 10 heteroatoms. The Hall–Kier alpha value is -3.07. The Morgan fingerprint density at radius 2 is 2.07 bits per heavy atom. The number of hydrogen-bond acceptors (Lipinski definition) is 4. The molecule has 1 saturated heterocycles. The molecule has 0 radical (unpaired) electrons. The second-order valence-corrected chi connectivity index (χ2v) is 7.22. The van der Waals surface area contributed by atoms with Crippen LogP contribution in [0.3, 0.4) is 0 Å². The smallest absolute Gasteiger partial charge is 0.252 e. The van der Waals surface area contributed by atoms with Gasteiger partial charge in [0, 0.05) is 39.4 Å². The highest BCUT2D eigenvalue weighted by molar-refractivity contribution is 6.33. The first-order valence-corrected chi connectivity index (χ1v) is 10.2. The lowest BCUT2D eigenvalue weighted by Gasteiger charge is -2.35. The van der Waals surface area contributed by atoms with Crippen LogP contribution in [-0.2, 0) is 11.8 Å². The van der Waals surface area contributed by atoms with Gasteiger partial charge in [-0.15, -0.1) is 0 Å². The number of nitrogens with zero attached hydrogens (tertiary/aromatic N) is 5. The Morgan fingerprint density at radius 3 is 2.73 bits per heavy atom. The second kappa shape index (κ2) is 10.1. The molecular weight excluding hydrogens is 406 g/mol. The highest BCUT2D eigenvalue weighted by Crippen LogP contribution is 2.16. The maximum atomic E-state index is 12.6. The fourth-order valence-corrected chi connectivity index (χ4v) is 3.39. The lowest BCUT2D eigenvalue weighted by molar-refractivity contribution is -0.120. The monoisotopic (exact) mass is 431 g/mol. The van der Waals surface area contributed by atoms with Gasteiger partial charge in [0.15, 0.2) is 5.96 Å². The molecule has 0 aliphatic carbocycles. The summed E-state index contributed by atoms with van der Waals surface area (Å²) in [5.41, 5.74) is 1.23. The summed E-state index contributed by atoms with van der Waals surface area (Å²) >= 11 is 6.05. The van der Waals surface area contributed by atoms with Crippen LogP contribution in [0.25, 0.3) is 0 Å². The lowest BCUT2D eigenvalue weighted by atomic mass is 10.2. The Balaban J connectivity index is 1.55. The van der Waals surface area contributed by atoms with E-state index in [2.05, 4.69) is 20.7 Å². The van der Waals surface area contributed by atoms with Crippen LogP contribution < -0.4 is 15.5 Å². The zero-order valence-corrected chi connectivity index (χ0v) is 17.9. The van der Waals surface area contributed by atoms with E-state index in [9.17, 15) is 9.59 Å². The summed E-state index contributed by atoms with van der Waals surface area (Å²) in [4.78, 5) is 33.1. The van der Waals surface area contributed by atoms with Gasteiger partial charge in [-0.2, -0.15) is 5.10 Å². The average Bonchev–Trinajstić information content (AvgIpc) is 3.16. The number of halogens is 1. The predicted molar refractivity (Wildman–Crippen MR) is 117 cm³/mol. The summed E-state index contributed by atoms with van der Waals surface area (Å²) < 4.78 is 1.68. The highest BCUT2D eigenvalue weighted by atomic mass is 35.5. The Labute approximate surface area is 180 Å². The molecule has 2 heterocycles. The average molecular weight is 432 g/mol. The minimum absolute atomic E-state index is 0.00752. The van der Waals surface area contributed by atoms with Crippen LogP contribution in [0.1, 0.15) is 17.3 Å². The lowest BCUT2D eigenvalue weighted by Crippen LogP contribution is -2.55. The van der Waals surface area contributed by atoms with Crippen molar-refractivity contribution in [3.05, 3.63) is 47.2 Å². The first-order valence-electron chi connectivity index (χ1n) is 9.84. The van der Waals surface area contributed by atoms with Crippen molar-refractivity contribution in [1.82, 2.24) is 25.3 Å². The van der Waals surface area contributed by atoms with Crippen molar-refractivity contribution >= 4 is 35.1 Å². The zero-order valence-electron chi connectivity index (χ0n) is 17.1. The van der Waals surface area contributed by atoms with E-state index in [1.54, 1.807) is 40.0 Å². The van der Waals surface area contributed by atoms with Crippen LogP contribution in [0.5, 0.6) is 0 Å². The van der Waals surface area contributed by atoms with Gasteiger partial charge in [-0.1, -0.05) is 23.7 Å². The normalized spacial score (nSPS) is 14.8. The van der Waals surface area contributed by atoms with E-state index in [1.807, 2.05) is 25.1 Å². The number of guanidine groups is 1. The summed E-state index contributed by atoms with van der Waals surface area (Å²) in [5.74, 6) is 0.414. The van der Waals surface area contributed by atoms with Gasteiger partial charge in [-0.05, 0) is 19.1 Å². The molecule has 2 aromatic rings. The molecule has 1 aromatic heterocycles. The molecule has 1 fully saturated rings.